The molecule has 0 radical (unpaired) electrons. The zero-order chi connectivity index (χ0) is 22.6. The van der Waals surface area contributed by atoms with Gasteiger partial charge in [0.05, 0.1) is 16.3 Å². The molecule has 1 heterocycles. The molecule has 7 nitrogen and oxygen atoms in total. The number of nitrogens with one attached hydrogen (secondary N) is 1. The summed E-state index contributed by atoms with van der Waals surface area (Å²) in [7, 11) is -3.87. The first kappa shape index (κ1) is 23.2. The van der Waals surface area contributed by atoms with Gasteiger partial charge in [0.1, 0.15) is 10.7 Å². The number of carbonyl (C=O) groups is 2. The Hall–Kier alpha value is -2.49. The highest BCUT2D eigenvalue weighted by atomic mass is 35.5. The van der Waals surface area contributed by atoms with Crippen molar-refractivity contribution in [3.8, 4) is 0 Å². The van der Waals surface area contributed by atoms with Gasteiger partial charge in [0.25, 0.3) is 5.91 Å². The van der Waals surface area contributed by atoms with Crippen molar-refractivity contribution in [1.29, 1.82) is 0 Å². The van der Waals surface area contributed by atoms with Crippen LogP contribution >= 0.6 is 11.6 Å². The molecule has 166 valence electrons. The summed E-state index contributed by atoms with van der Waals surface area (Å²) in [5.41, 5.74) is -0.109. The Balaban J connectivity index is 1.74. The molecule has 0 spiro atoms. The Morgan fingerprint density at radius 3 is 2.48 bits per heavy atom. The number of anilines is 1. The maximum atomic E-state index is 13.7. The quantitative estimate of drug-likeness (QED) is 0.650. The maximum Gasteiger partial charge on any atom is 0.338 e. The van der Waals surface area contributed by atoms with Crippen molar-refractivity contribution in [3.05, 3.63) is 58.9 Å². The van der Waals surface area contributed by atoms with Crippen molar-refractivity contribution in [1.82, 2.24) is 4.31 Å². The summed E-state index contributed by atoms with van der Waals surface area (Å²) < 4.78 is 46.1. The highest BCUT2D eigenvalue weighted by Crippen LogP contribution is 2.28. The highest BCUT2D eigenvalue weighted by Gasteiger charge is 2.29. The van der Waals surface area contributed by atoms with E-state index in [-0.39, 0.29) is 21.2 Å². The van der Waals surface area contributed by atoms with E-state index in [1.807, 2.05) is 0 Å². The Morgan fingerprint density at radius 2 is 1.81 bits per heavy atom. The second kappa shape index (κ2) is 9.76. The fourth-order valence-electron chi connectivity index (χ4n) is 3.15. The van der Waals surface area contributed by atoms with Gasteiger partial charge in [0, 0.05) is 13.1 Å². The first-order chi connectivity index (χ1) is 14.7. The Kier molecular flexibility index (Phi) is 7.30. The molecule has 0 bridgehead atoms. The van der Waals surface area contributed by atoms with Crippen molar-refractivity contribution in [2.45, 2.75) is 37.2 Å². The number of piperidine rings is 1. The predicted octanol–water partition coefficient (Wildman–Crippen LogP) is 3.84. The average Bonchev–Trinajstić information content (AvgIpc) is 2.76. The third-order valence-corrected chi connectivity index (χ3v) is 7.26. The van der Waals surface area contributed by atoms with Gasteiger partial charge in [-0.3, -0.25) is 4.79 Å². The van der Waals surface area contributed by atoms with Crippen LogP contribution in [-0.4, -0.2) is 43.8 Å². The Bertz CT molecular complexity index is 1090. The Labute approximate surface area is 185 Å². The SMILES string of the molecule is CC(OC(=O)c1ccc(Cl)c(S(=O)(=O)N2CCCCC2)c1)C(=O)Nc1ccccc1F. The fourth-order valence-corrected chi connectivity index (χ4v) is 5.17. The lowest BCUT2D eigenvalue weighted by molar-refractivity contribution is -0.123. The maximum absolute atomic E-state index is 13.7. The zero-order valence-electron chi connectivity index (χ0n) is 16.8. The van der Waals surface area contributed by atoms with Gasteiger partial charge >= 0.3 is 5.97 Å². The van der Waals surface area contributed by atoms with Crippen LogP contribution in [0.5, 0.6) is 0 Å². The van der Waals surface area contributed by atoms with E-state index >= 15 is 0 Å². The van der Waals surface area contributed by atoms with Gasteiger partial charge in [-0.2, -0.15) is 4.31 Å². The van der Waals surface area contributed by atoms with Crippen LogP contribution in [0.2, 0.25) is 5.02 Å². The summed E-state index contributed by atoms with van der Waals surface area (Å²) in [4.78, 5) is 24.6. The van der Waals surface area contributed by atoms with E-state index < -0.39 is 33.8 Å². The molecule has 0 saturated carbocycles. The number of hydrogen-bond donors (Lipinski definition) is 1. The van der Waals surface area contributed by atoms with Gasteiger partial charge in [-0.1, -0.05) is 30.2 Å². The number of hydrogen-bond acceptors (Lipinski definition) is 5. The van der Waals surface area contributed by atoms with Crippen LogP contribution in [0.4, 0.5) is 10.1 Å². The van der Waals surface area contributed by atoms with E-state index in [0.717, 1.165) is 25.3 Å². The average molecular weight is 469 g/mol. The smallest absolute Gasteiger partial charge is 0.338 e. The van der Waals surface area contributed by atoms with Crippen molar-refractivity contribution >= 4 is 39.2 Å². The molecule has 2 aromatic carbocycles. The first-order valence-corrected chi connectivity index (χ1v) is 11.6. The molecule has 1 aliphatic heterocycles. The standard InChI is InChI=1S/C21H22ClFN2O5S/c1-14(20(26)24-18-8-4-3-7-17(18)23)30-21(27)15-9-10-16(22)19(13-15)31(28,29)25-11-5-2-6-12-25/h3-4,7-10,13-14H,2,5-6,11-12H2,1H3,(H,24,26). The highest BCUT2D eigenvalue weighted by molar-refractivity contribution is 7.89. The van der Waals surface area contributed by atoms with Gasteiger partial charge < -0.3 is 10.1 Å². The monoisotopic (exact) mass is 468 g/mol. The molecule has 1 fully saturated rings. The molecule has 1 atom stereocenters. The van der Waals surface area contributed by atoms with E-state index in [1.54, 1.807) is 6.07 Å². The van der Waals surface area contributed by atoms with Crippen molar-refractivity contribution in [2.24, 2.45) is 0 Å². The largest absolute Gasteiger partial charge is 0.449 e. The summed E-state index contributed by atoms with van der Waals surface area (Å²) >= 11 is 6.11. The third kappa shape index (κ3) is 5.41. The topological polar surface area (TPSA) is 92.8 Å². The molecular weight excluding hydrogens is 447 g/mol. The number of halogens is 2. The number of esters is 1. The van der Waals surface area contributed by atoms with Crippen molar-refractivity contribution < 1.29 is 27.1 Å². The van der Waals surface area contributed by atoms with Crippen LogP contribution in [0.25, 0.3) is 0 Å². The zero-order valence-corrected chi connectivity index (χ0v) is 18.4. The van der Waals surface area contributed by atoms with Crippen LogP contribution in [0, 0.1) is 5.82 Å². The summed E-state index contributed by atoms with van der Waals surface area (Å²) in [6, 6.07) is 9.36. The molecule has 0 aliphatic carbocycles. The molecular formula is C21H22ClFN2O5S. The second-order valence-electron chi connectivity index (χ2n) is 7.13. The van der Waals surface area contributed by atoms with Gasteiger partial charge in [-0.25, -0.2) is 17.6 Å². The van der Waals surface area contributed by atoms with Crippen LogP contribution < -0.4 is 5.32 Å². The molecule has 1 unspecified atom stereocenters. The molecule has 10 heteroatoms. The normalized spacial score (nSPS) is 15.8. The number of ether oxygens (including phenoxy) is 1. The number of benzene rings is 2. The summed E-state index contributed by atoms with van der Waals surface area (Å²) in [6.07, 6.45) is 1.23. The molecule has 1 amide bonds. The van der Waals surface area contributed by atoms with E-state index in [9.17, 15) is 22.4 Å². The minimum atomic E-state index is -3.87. The minimum absolute atomic E-state index is 0.00697. The first-order valence-electron chi connectivity index (χ1n) is 9.76. The molecule has 1 N–H and O–H groups in total. The number of amides is 1. The summed E-state index contributed by atoms with van der Waals surface area (Å²) in [5, 5.41) is 2.33. The van der Waals surface area contributed by atoms with Crippen LogP contribution in [0.1, 0.15) is 36.5 Å². The van der Waals surface area contributed by atoms with Crippen molar-refractivity contribution in [2.75, 3.05) is 18.4 Å². The third-order valence-electron chi connectivity index (χ3n) is 4.88. The number of nitrogens with zero attached hydrogens (tertiary/aromatic N) is 1. The predicted molar refractivity (Wildman–Crippen MR) is 114 cm³/mol. The van der Waals surface area contributed by atoms with E-state index in [0.29, 0.717) is 13.1 Å². The summed E-state index contributed by atoms with van der Waals surface area (Å²) in [6.45, 7) is 2.11. The van der Waals surface area contributed by atoms with Crippen molar-refractivity contribution in [3.63, 3.8) is 0 Å². The molecule has 0 aromatic heterocycles. The Morgan fingerprint density at radius 1 is 1.13 bits per heavy atom. The van der Waals surface area contributed by atoms with Gasteiger partial charge in [-0.05, 0) is 50.1 Å². The van der Waals surface area contributed by atoms with Gasteiger partial charge in [0.15, 0.2) is 6.10 Å². The molecule has 2 aromatic rings. The number of rotatable bonds is 6. The van der Waals surface area contributed by atoms with E-state index in [1.165, 1.54) is 41.6 Å². The van der Waals surface area contributed by atoms with Gasteiger partial charge in [-0.15, -0.1) is 0 Å². The summed E-state index contributed by atoms with van der Waals surface area (Å²) in [5.74, 6) is -2.25. The number of carbonyl (C=O) groups excluding carboxylic acids is 2. The van der Waals surface area contributed by atoms with Crippen LogP contribution in [0.3, 0.4) is 0 Å². The number of sulfonamides is 1. The van der Waals surface area contributed by atoms with Crippen LogP contribution in [0.15, 0.2) is 47.4 Å². The van der Waals surface area contributed by atoms with E-state index in [4.69, 9.17) is 16.3 Å². The molecule has 1 aliphatic rings. The lowest BCUT2D eigenvalue weighted by atomic mass is 10.2. The molecule has 3 rings (SSSR count). The lowest BCUT2D eigenvalue weighted by Crippen LogP contribution is -2.36. The second-order valence-corrected chi connectivity index (χ2v) is 9.44. The van der Waals surface area contributed by atoms with E-state index in [2.05, 4.69) is 5.32 Å². The van der Waals surface area contributed by atoms with Crippen LogP contribution in [-0.2, 0) is 19.6 Å². The van der Waals surface area contributed by atoms with Gasteiger partial charge in [0.2, 0.25) is 10.0 Å². The number of para-hydroxylation sites is 1. The molecule has 1 saturated heterocycles. The lowest BCUT2D eigenvalue weighted by Gasteiger charge is -2.26. The molecule has 31 heavy (non-hydrogen) atoms. The fraction of sp³-hybridized carbons (Fsp3) is 0.333. The minimum Gasteiger partial charge on any atom is -0.449 e.